The summed E-state index contributed by atoms with van der Waals surface area (Å²) >= 11 is 1.37. The van der Waals surface area contributed by atoms with Gasteiger partial charge in [-0.25, -0.2) is 13.9 Å². The third kappa shape index (κ3) is 6.19. The number of halogens is 2. The van der Waals surface area contributed by atoms with E-state index < -0.39 is 17.7 Å². The van der Waals surface area contributed by atoms with E-state index in [2.05, 4.69) is 42.4 Å². The summed E-state index contributed by atoms with van der Waals surface area (Å²) in [5, 5.41) is 8.10. The zero-order chi connectivity index (χ0) is 27.6. The van der Waals surface area contributed by atoms with Crippen molar-refractivity contribution in [2.75, 3.05) is 32.1 Å². The first-order valence-corrected chi connectivity index (χ1v) is 13.1. The molecule has 0 bridgehead atoms. The zero-order valence-corrected chi connectivity index (χ0v) is 23.4. The maximum Gasteiger partial charge on any atom is 2.00 e. The molecule has 210 valence electrons. The average Bonchev–Trinajstić information content (AvgIpc) is 3.89. The number of amides is 1. The Morgan fingerprint density at radius 2 is 1.98 bits per heavy atom. The van der Waals surface area contributed by atoms with Crippen LogP contribution in [0.15, 0.2) is 24.5 Å². The summed E-state index contributed by atoms with van der Waals surface area (Å²) in [6.07, 6.45) is 5.59. The molecule has 9 nitrogen and oxygen atoms in total. The van der Waals surface area contributed by atoms with Crippen molar-refractivity contribution in [1.82, 2.24) is 25.1 Å². The van der Waals surface area contributed by atoms with Crippen molar-refractivity contribution in [3.05, 3.63) is 46.3 Å². The van der Waals surface area contributed by atoms with Crippen molar-refractivity contribution in [2.45, 2.75) is 37.6 Å². The van der Waals surface area contributed by atoms with Crippen LogP contribution in [0.5, 0.6) is 5.75 Å². The maximum atomic E-state index is 13.2. The molecule has 2 aliphatic carbocycles. The van der Waals surface area contributed by atoms with Gasteiger partial charge in [-0.15, -0.1) is 23.0 Å². The SMILES string of the molecule is C(#CC1CC1)c1nn[c-]s1.COc1cnc(C(F)F)cc1-c1cc(N2CCN(C)C3(CC3)C2=O)ncc1[C-]=O.[Ni+2]. The number of hydrogen-bond acceptors (Lipinski definition) is 9. The molecule has 1 spiro atoms. The molecule has 0 aromatic carbocycles. The van der Waals surface area contributed by atoms with E-state index in [9.17, 15) is 18.4 Å². The second kappa shape index (κ2) is 12.5. The van der Waals surface area contributed by atoms with E-state index in [1.807, 2.05) is 7.05 Å². The molecule has 1 saturated heterocycles. The molecule has 1 aliphatic heterocycles. The number of pyridine rings is 2. The molecule has 0 unspecified atom stereocenters. The minimum atomic E-state index is -2.78. The van der Waals surface area contributed by atoms with E-state index in [-0.39, 0.29) is 39.3 Å². The summed E-state index contributed by atoms with van der Waals surface area (Å²) in [7, 11) is 3.31. The molecule has 6 rings (SSSR count). The van der Waals surface area contributed by atoms with Crippen molar-refractivity contribution in [1.29, 1.82) is 0 Å². The van der Waals surface area contributed by atoms with E-state index in [4.69, 9.17) is 4.74 Å². The Morgan fingerprint density at radius 3 is 2.58 bits per heavy atom. The van der Waals surface area contributed by atoms with E-state index >= 15 is 0 Å². The Labute approximate surface area is 244 Å². The third-order valence-electron chi connectivity index (χ3n) is 6.94. The van der Waals surface area contributed by atoms with Gasteiger partial charge in [0.2, 0.25) is 5.91 Å². The number of ether oxygens (including phenoxy) is 1. The first-order valence-electron chi connectivity index (χ1n) is 12.3. The molecule has 1 amide bonds. The molecule has 0 N–H and O–H groups in total. The van der Waals surface area contributed by atoms with Crippen LogP contribution in [0.1, 0.15) is 48.4 Å². The van der Waals surface area contributed by atoms with Gasteiger partial charge in [0.1, 0.15) is 22.8 Å². The minimum Gasteiger partial charge on any atom is -0.496 e. The molecular formula is C27H24F2N6NiO3S. The Hall–Kier alpha value is -3.33. The number of nitrogens with zero attached hydrogens (tertiary/aromatic N) is 6. The molecule has 3 aromatic heterocycles. The monoisotopic (exact) mass is 608 g/mol. The summed E-state index contributed by atoms with van der Waals surface area (Å²) in [4.78, 5) is 36.1. The van der Waals surface area contributed by atoms with Gasteiger partial charge in [0, 0.05) is 24.0 Å². The number of aromatic nitrogens is 4. The quantitative estimate of drug-likeness (QED) is 0.247. The molecular weight excluding hydrogens is 585 g/mol. The summed E-state index contributed by atoms with van der Waals surface area (Å²) in [5.74, 6) is 7.24. The molecule has 3 aromatic rings. The van der Waals surface area contributed by atoms with Gasteiger partial charge >= 0.3 is 16.5 Å². The van der Waals surface area contributed by atoms with Crippen LogP contribution in [0.2, 0.25) is 0 Å². The number of rotatable bonds is 5. The fraction of sp³-hybridized carbons (Fsp3) is 0.407. The van der Waals surface area contributed by atoms with Crippen molar-refractivity contribution in [3.8, 4) is 28.7 Å². The number of hydrogen-bond donors (Lipinski definition) is 0. The molecule has 2 saturated carbocycles. The summed E-state index contributed by atoms with van der Waals surface area (Å²) < 4.78 is 31.6. The second-order valence-electron chi connectivity index (χ2n) is 9.45. The Kier molecular flexibility index (Phi) is 9.24. The molecule has 40 heavy (non-hydrogen) atoms. The van der Waals surface area contributed by atoms with Crippen LogP contribution in [0, 0.1) is 23.3 Å². The number of carbonyl (C=O) groups excluding carboxylic acids is 2. The summed E-state index contributed by atoms with van der Waals surface area (Å²) in [6, 6.07) is 2.73. The van der Waals surface area contributed by atoms with Crippen molar-refractivity contribution >= 4 is 29.3 Å². The molecule has 3 aliphatic rings. The van der Waals surface area contributed by atoms with Gasteiger partial charge in [-0.1, -0.05) is 17.8 Å². The average molecular weight is 609 g/mol. The minimum absolute atomic E-state index is 0. The van der Waals surface area contributed by atoms with Gasteiger partial charge in [-0.3, -0.25) is 24.7 Å². The topological polar surface area (TPSA) is 101 Å². The van der Waals surface area contributed by atoms with Crippen molar-refractivity contribution in [3.63, 3.8) is 0 Å². The molecule has 0 atom stereocenters. The Bertz CT molecular complexity index is 1440. The molecule has 4 heterocycles. The standard InChI is InChI=1S/C20H19F2N4O3.C7H5N2S.Ni/c1-25-5-6-26(19(28)20(25)3-4-20)17-8-13(12(11-27)9-24-17)14-7-15(18(21)22)23-10-16(14)29-2;1-2-6(1)3-4-7-9-8-5-10-7;/h7-10,18H,3-6H2,1-2H3;6H,1-2H2;/q2*-1;+2. The third-order valence-corrected chi connectivity index (χ3v) is 7.49. The Morgan fingerprint density at radius 1 is 1.20 bits per heavy atom. The zero-order valence-electron chi connectivity index (χ0n) is 21.6. The van der Waals surface area contributed by atoms with Crippen molar-refractivity contribution < 1.29 is 39.6 Å². The smallest absolute Gasteiger partial charge is 0.496 e. The number of anilines is 1. The van der Waals surface area contributed by atoms with E-state index in [0.717, 1.165) is 17.8 Å². The van der Waals surface area contributed by atoms with E-state index in [1.165, 1.54) is 49.7 Å². The van der Waals surface area contributed by atoms with Gasteiger partial charge in [0.25, 0.3) is 6.43 Å². The predicted octanol–water partition coefficient (Wildman–Crippen LogP) is 3.46. The van der Waals surface area contributed by atoms with Crippen LogP contribution < -0.4 is 9.64 Å². The van der Waals surface area contributed by atoms with Crippen LogP contribution in [-0.2, 0) is 26.1 Å². The predicted molar refractivity (Wildman–Crippen MR) is 139 cm³/mol. The second-order valence-corrected chi connectivity index (χ2v) is 10.2. The van der Waals surface area contributed by atoms with Gasteiger partial charge in [0.15, 0.2) is 0 Å². The molecule has 13 heteroatoms. The van der Waals surface area contributed by atoms with E-state index in [1.54, 1.807) is 17.3 Å². The van der Waals surface area contributed by atoms with Gasteiger partial charge < -0.3 is 25.9 Å². The van der Waals surface area contributed by atoms with Crippen molar-refractivity contribution in [2.24, 2.45) is 5.92 Å². The maximum absolute atomic E-state index is 13.2. The first-order chi connectivity index (χ1) is 18.9. The summed E-state index contributed by atoms with van der Waals surface area (Å²) in [5.41, 5.74) is 2.39. The fourth-order valence-corrected chi connectivity index (χ4v) is 4.71. The van der Waals surface area contributed by atoms with Gasteiger partial charge in [0.05, 0.1) is 19.6 Å². The first kappa shape index (κ1) is 29.7. The molecule has 0 radical (unpaired) electrons. The largest absolute Gasteiger partial charge is 2.00 e. The van der Waals surface area contributed by atoms with Crippen LogP contribution in [0.3, 0.4) is 0 Å². The van der Waals surface area contributed by atoms with E-state index in [0.29, 0.717) is 30.4 Å². The van der Waals surface area contributed by atoms with Crippen LogP contribution in [-0.4, -0.2) is 70.0 Å². The van der Waals surface area contributed by atoms with Crippen LogP contribution in [0.4, 0.5) is 14.6 Å². The van der Waals surface area contributed by atoms with Crippen LogP contribution >= 0.6 is 11.3 Å². The summed E-state index contributed by atoms with van der Waals surface area (Å²) in [6.45, 7) is 1.14. The van der Waals surface area contributed by atoms with Gasteiger partial charge in [-0.05, 0) is 44.4 Å². The number of methoxy groups -OCH3 is 1. The van der Waals surface area contributed by atoms with Gasteiger partial charge in [-0.2, -0.15) is 0 Å². The number of alkyl halides is 2. The fourth-order valence-electron chi connectivity index (χ4n) is 4.35. The normalized spacial score (nSPS) is 17.3. The van der Waals surface area contributed by atoms with Crippen LogP contribution in [0.25, 0.3) is 11.1 Å². The number of carbonyl (C=O) groups is 1. The number of piperazine rings is 1. The number of likely N-dealkylation sites (N-methyl/N-ethyl adjacent to an activating group) is 1. The molecule has 3 fully saturated rings. The Balaban J connectivity index is 0.000000282.